The highest BCUT2D eigenvalue weighted by atomic mass is 16.5. The van der Waals surface area contributed by atoms with Crippen molar-refractivity contribution in [2.24, 2.45) is 11.8 Å². The normalized spacial score (nSPS) is 14.9. The Morgan fingerprint density at radius 2 is 2.11 bits per heavy atom. The largest absolute Gasteiger partial charge is 0.493 e. The molecule has 0 aromatic heterocycles. The fourth-order valence-corrected chi connectivity index (χ4v) is 2.02. The number of ketones is 1. The fourth-order valence-electron chi connectivity index (χ4n) is 2.02. The van der Waals surface area contributed by atoms with Gasteiger partial charge in [-0.1, -0.05) is 20.8 Å². The molecule has 0 atom stereocenters. The van der Waals surface area contributed by atoms with E-state index in [4.69, 9.17) is 4.74 Å². The van der Waals surface area contributed by atoms with Gasteiger partial charge in [-0.3, -0.25) is 4.79 Å². The first-order chi connectivity index (χ1) is 8.61. The molecule has 2 rings (SSSR count). The minimum absolute atomic E-state index is 0.290. The van der Waals surface area contributed by atoms with Crippen LogP contribution in [0.3, 0.4) is 0 Å². The van der Waals surface area contributed by atoms with Crippen LogP contribution in [0, 0.1) is 11.8 Å². The van der Waals surface area contributed by atoms with Crippen LogP contribution >= 0.6 is 0 Å². The summed E-state index contributed by atoms with van der Waals surface area (Å²) < 4.78 is 5.71. The zero-order chi connectivity index (χ0) is 13.1. The van der Waals surface area contributed by atoms with Gasteiger partial charge < -0.3 is 4.74 Å². The van der Waals surface area contributed by atoms with E-state index in [9.17, 15) is 4.79 Å². The molecule has 1 aromatic carbocycles. The Balaban J connectivity index is 2.14. The molecule has 0 saturated heterocycles. The van der Waals surface area contributed by atoms with Crippen LogP contribution in [0.25, 0.3) is 0 Å². The third-order valence-corrected chi connectivity index (χ3v) is 3.25. The first-order valence-corrected chi connectivity index (χ1v) is 6.91. The van der Waals surface area contributed by atoms with Crippen LogP contribution in [0.2, 0.25) is 0 Å². The SMILES string of the molecule is CCc1cc(OCC(C)C)ccc1C(=O)C1CC1. The van der Waals surface area contributed by atoms with Crippen molar-refractivity contribution in [3.05, 3.63) is 29.3 Å². The van der Waals surface area contributed by atoms with E-state index in [1.54, 1.807) is 0 Å². The molecule has 0 unspecified atom stereocenters. The first-order valence-electron chi connectivity index (χ1n) is 6.91. The van der Waals surface area contributed by atoms with Crippen LogP contribution in [-0.4, -0.2) is 12.4 Å². The number of hydrogen-bond donors (Lipinski definition) is 0. The molecule has 0 spiro atoms. The Kier molecular flexibility index (Phi) is 4.05. The number of carbonyl (C=O) groups is 1. The lowest BCUT2D eigenvalue weighted by molar-refractivity contribution is 0.0966. The lowest BCUT2D eigenvalue weighted by Gasteiger charge is -2.12. The van der Waals surface area contributed by atoms with E-state index >= 15 is 0 Å². The molecule has 0 bridgehead atoms. The van der Waals surface area contributed by atoms with E-state index in [0.717, 1.165) is 42.7 Å². The van der Waals surface area contributed by atoms with Crippen molar-refractivity contribution in [2.75, 3.05) is 6.61 Å². The number of aryl methyl sites for hydroxylation is 1. The van der Waals surface area contributed by atoms with Gasteiger partial charge in [0.05, 0.1) is 6.61 Å². The van der Waals surface area contributed by atoms with Crippen molar-refractivity contribution >= 4 is 5.78 Å². The molecule has 1 fully saturated rings. The van der Waals surface area contributed by atoms with Crippen molar-refractivity contribution in [1.82, 2.24) is 0 Å². The van der Waals surface area contributed by atoms with Gasteiger partial charge in [0.2, 0.25) is 0 Å². The minimum atomic E-state index is 0.290. The molecule has 0 amide bonds. The van der Waals surface area contributed by atoms with Crippen LogP contribution < -0.4 is 4.74 Å². The predicted octanol–water partition coefficient (Wildman–Crippen LogP) is 3.88. The Morgan fingerprint density at radius 3 is 2.67 bits per heavy atom. The summed E-state index contributed by atoms with van der Waals surface area (Å²) in [5.41, 5.74) is 2.02. The summed E-state index contributed by atoms with van der Waals surface area (Å²) in [7, 11) is 0. The van der Waals surface area contributed by atoms with E-state index in [0.29, 0.717) is 11.7 Å². The van der Waals surface area contributed by atoms with E-state index in [1.165, 1.54) is 0 Å². The fraction of sp³-hybridized carbons (Fsp3) is 0.562. The minimum Gasteiger partial charge on any atom is -0.493 e. The van der Waals surface area contributed by atoms with E-state index in [-0.39, 0.29) is 5.92 Å². The highest BCUT2D eigenvalue weighted by Gasteiger charge is 2.31. The Morgan fingerprint density at radius 1 is 1.39 bits per heavy atom. The molecule has 2 nitrogen and oxygen atoms in total. The molecule has 98 valence electrons. The molecule has 1 aliphatic rings. The maximum Gasteiger partial charge on any atom is 0.166 e. The van der Waals surface area contributed by atoms with Gasteiger partial charge in [-0.05, 0) is 48.9 Å². The predicted molar refractivity (Wildman–Crippen MR) is 73.2 cm³/mol. The van der Waals surface area contributed by atoms with Crippen LogP contribution in [0.5, 0.6) is 5.75 Å². The van der Waals surface area contributed by atoms with Gasteiger partial charge in [0.1, 0.15) is 5.75 Å². The Labute approximate surface area is 109 Å². The third kappa shape index (κ3) is 3.12. The van der Waals surface area contributed by atoms with E-state index in [2.05, 4.69) is 20.8 Å². The first kappa shape index (κ1) is 13.1. The van der Waals surface area contributed by atoms with Gasteiger partial charge in [-0.15, -0.1) is 0 Å². The number of rotatable bonds is 6. The molecular formula is C16H22O2. The smallest absolute Gasteiger partial charge is 0.166 e. The maximum atomic E-state index is 12.1. The summed E-state index contributed by atoms with van der Waals surface area (Å²) in [6, 6.07) is 5.89. The third-order valence-electron chi connectivity index (χ3n) is 3.25. The molecule has 1 aromatic rings. The summed E-state index contributed by atoms with van der Waals surface area (Å²) >= 11 is 0. The quantitative estimate of drug-likeness (QED) is 0.712. The zero-order valence-corrected chi connectivity index (χ0v) is 11.5. The molecule has 2 heteroatoms. The van der Waals surface area contributed by atoms with Crippen LogP contribution in [0.1, 0.15) is 49.5 Å². The standard InChI is InChI=1S/C16H22O2/c1-4-12-9-14(18-10-11(2)3)7-8-15(12)16(17)13-5-6-13/h7-9,11,13H,4-6,10H2,1-3H3. The highest BCUT2D eigenvalue weighted by Crippen LogP contribution is 2.34. The summed E-state index contributed by atoms with van der Waals surface area (Å²) in [6.07, 6.45) is 3.01. The van der Waals surface area contributed by atoms with Crippen LogP contribution in [0.4, 0.5) is 0 Å². The van der Waals surface area contributed by atoms with Gasteiger partial charge >= 0.3 is 0 Å². The number of hydrogen-bond acceptors (Lipinski definition) is 2. The van der Waals surface area contributed by atoms with Crippen molar-refractivity contribution in [3.8, 4) is 5.75 Å². The van der Waals surface area contributed by atoms with E-state index in [1.807, 2.05) is 18.2 Å². The summed E-state index contributed by atoms with van der Waals surface area (Å²) in [6.45, 7) is 7.07. The highest BCUT2D eigenvalue weighted by molar-refractivity contribution is 6.00. The van der Waals surface area contributed by atoms with Crippen molar-refractivity contribution in [2.45, 2.75) is 40.0 Å². The van der Waals surface area contributed by atoms with Gasteiger partial charge in [-0.25, -0.2) is 0 Å². The Hall–Kier alpha value is -1.31. The molecule has 0 radical (unpaired) electrons. The maximum absolute atomic E-state index is 12.1. The zero-order valence-electron chi connectivity index (χ0n) is 11.5. The molecule has 1 aliphatic carbocycles. The van der Waals surface area contributed by atoms with E-state index < -0.39 is 0 Å². The molecule has 18 heavy (non-hydrogen) atoms. The van der Waals surface area contributed by atoms with Gasteiger partial charge in [0, 0.05) is 11.5 Å². The second kappa shape index (κ2) is 5.55. The molecule has 0 N–H and O–H groups in total. The lowest BCUT2D eigenvalue weighted by atomic mass is 9.99. The number of benzene rings is 1. The summed E-state index contributed by atoms with van der Waals surface area (Å²) in [5, 5.41) is 0. The van der Waals surface area contributed by atoms with Gasteiger partial charge in [0.15, 0.2) is 5.78 Å². The van der Waals surface area contributed by atoms with Crippen LogP contribution in [-0.2, 0) is 6.42 Å². The number of carbonyl (C=O) groups excluding carboxylic acids is 1. The van der Waals surface area contributed by atoms with Gasteiger partial charge in [0.25, 0.3) is 0 Å². The number of ether oxygens (including phenoxy) is 1. The topological polar surface area (TPSA) is 26.3 Å². The number of Topliss-reactive ketones (excluding diaryl/α,β-unsaturated/α-hetero) is 1. The van der Waals surface area contributed by atoms with Crippen LogP contribution in [0.15, 0.2) is 18.2 Å². The molecule has 0 heterocycles. The monoisotopic (exact) mass is 246 g/mol. The molecule has 1 saturated carbocycles. The lowest BCUT2D eigenvalue weighted by Crippen LogP contribution is -2.08. The van der Waals surface area contributed by atoms with Gasteiger partial charge in [-0.2, -0.15) is 0 Å². The van der Waals surface area contributed by atoms with Crippen molar-refractivity contribution in [1.29, 1.82) is 0 Å². The molecule has 0 aliphatic heterocycles. The average Bonchev–Trinajstić information content (AvgIpc) is 3.19. The Bertz CT molecular complexity index is 431. The second-order valence-electron chi connectivity index (χ2n) is 5.52. The summed E-state index contributed by atoms with van der Waals surface area (Å²) in [4.78, 5) is 12.1. The average molecular weight is 246 g/mol. The van der Waals surface area contributed by atoms with Crippen molar-refractivity contribution < 1.29 is 9.53 Å². The second-order valence-corrected chi connectivity index (χ2v) is 5.52. The summed E-state index contributed by atoms with van der Waals surface area (Å²) in [5.74, 6) is 2.01. The van der Waals surface area contributed by atoms with Crippen molar-refractivity contribution in [3.63, 3.8) is 0 Å². The molecular weight excluding hydrogens is 224 g/mol.